The molecule has 6 nitrogen and oxygen atoms in total. The van der Waals surface area contributed by atoms with Crippen molar-refractivity contribution in [1.29, 1.82) is 0 Å². The summed E-state index contributed by atoms with van der Waals surface area (Å²) in [6, 6.07) is 12.5. The zero-order valence-electron chi connectivity index (χ0n) is 19.5. The van der Waals surface area contributed by atoms with Crippen LogP contribution >= 0.6 is 0 Å². The Hall–Kier alpha value is -2.54. The summed E-state index contributed by atoms with van der Waals surface area (Å²) in [5.41, 5.74) is 3.64. The maximum atomic E-state index is 12.7. The number of hydrogen-bond donors (Lipinski definition) is 1. The lowest BCUT2D eigenvalue weighted by atomic mass is 9.87. The van der Waals surface area contributed by atoms with Crippen LogP contribution in [0.2, 0.25) is 0 Å². The van der Waals surface area contributed by atoms with Crippen molar-refractivity contribution in [3.63, 3.8) is 0 Å². The molecular weight excluding hydrogens is 412 g/mol. The zero-order valence-corrected chi connectivity index (χ0v) is 20.3. The first-order valence-electron chi connectivity index (χ1n) is 10.4. The molecule has 2 aromatic carbocycles. The van der Waals surface area contributed by atoms with Crippen molar-refractivity contribution in [3.05, 3.63) is 59.2 Å². The average Bonchev–Trinajstić information content (AvgIpc) is 2.62. The quantitative estimate of drug-likeness (QED) is 0.623. The molecule has 0 aliphatic heterocycles. The monoisotopic (exact) mass is 446 g/mol. The second-order valence-electron chi connectivity index (χ2n) is 8.99. The van der Waals surface area contributed by atoms with Crippen molar-refractivity contribution in [3.8, 4) is 5.75 Å². The van der Waals surface area contributed by atoms with Gasteiger partial charge >= 0.3 is 0 Å². The molecule has 1 atom stereocenters. The summed E-state index contributed by atoms with van der Waals surface area (Å²) in [5, 5.41) is 2.77. The standard InChI is InChI=1S/C24H34N2O4S/c1-17-14-18(2)16-21(15-17)26(31(7,28)29)19(3)23(27)25-12-13-30-22-10-8-20(9-11-22)24(4,5)6/h8-11,14-16,19H,12-13H2,1-7H3,(H,25,27)/t19-/m1/s1. The van der Waals surface area contributed by atoms with Gasteiger partial charge in [-0.3, -0.25) is 9.10 Å². The van der Waals surface area contributed by atoms with E-state index in [-0.39, 0.29) is 24.5 Å². The lowest BCUT2D eigenvalue weighted by Gasteiger charge is -2.28. The first-order valence-corrected chi connectivity index (χ1v) is 12.2. The van der Waals surface area contributed by atoms with Crippen LogP contribution in [0.1, 0.15) is 44.4 Å². The molecular formula is C24H34N2O4S. The SMILES string of the molecule is Cc1cc(C)cc(N([C@H](C)C(=O)NCCOc2ccc(C(C)(C)C)cc2)S(C)(=O)=O)c1. The third kappa shape index (κ3) is 6.99. The third-order valence-electron chi connectivity index (χ3n) is 4.94. The summed E-state index contributed by atoms with van der Waals surface area (Å²) in [6.07, 6.45) is 1.11. The summed E-state index contributed by atoms with van der Waals surface area (Å²) in [6.45, 7) is 12.4. The number of carbonyl (C=O) groups excluding carboxylic acids is 1. The highest BCUT2D eigenvalue weighted by atomic mass is 32.2. The summed E-state index contributed by atoms with van der Waals surface area (Å²) < 4.78 is 31.7. The Labute approximate surface area is 186 Å². The Morgan fingerprint density at radius 2 is 1.61 bits per heavy atom. The second-order valence-corrected chi connectivity index (χ2v) is 10.9. The molecule has 0 spiro atoms. The fraction of sp³-hybridized carbons (Fsp3) is 0.458. The van der Waals surface area contributed by atoms with Crippen molar-refractivity contribution in [2.45, 2.75) is 53.0 Å². The van der Waals surface area contributed by atoms with Crippen LogP contribution < -0.4 is 14.4 Å². The molecule has 0 aliphatic rings. The van der Waals surface area contributed by atoms with Crippen LogP contribution in [0.4, 0.5) is 5.69 Å². The van der Waals surface area contributed by atoms with E-state index in [4.69, 9.17) is 4.74 Å². The lowest BCUT2D eigenvalue weighted by molar-refractivity contribution is -0.121. The van der Waals surface area contributed by atoms with Crippen LogP contribution in [0, 0.1) is 13.8 Å². The number of sulfonamides is 1. The summed E-state index contributed by atoms with van der Waals surface area (Å²) in [4.78, 5) is 12.7. The molecule has 0 bridgehead atoms. The van der Waals surface area contributed by atoms with Crippen LogP contribution in [0.25, 0.3) is 0 Å². The maximum absolute atomic E-state index is 12.7. The minimum Gasteiger partial charge on any atom is -0.492 e. The van der Waals surface area contributed by atoms with Gasteiger partial charge in [-0.2, -0.15) is 0 Å². The minimum atomic E-state index is -3.64. The van der Waals surface area contributed by atoms with Gasteiger partial charge in [-0.25, -0.2) is 8.42 Å². The number of amides is 1. The Morgan fingerprint density at radius 3 is 2.10 bits per heavy atom. The van der Waals surface area contributed by atoms with Gasteiger partial charge in [0, 0.05) is 0 Å². The van der Waals surface area contributed by atoms with Crippen LogP contribution in [0.15, 0.2) is 42.5 Å². The highest BCUT2D eigenvalue weighted by Gasteiger charge is 2.29. The average molecular weight is 447 g/mol. The highest BCUT2D eigenvalue weighted by molar-refractivity contribution is 7.92. The fourth-order valence-electron chi connectivity index (χ4n) is 3.43. The number of nitrogens with one attached hydrogen (secondary N) is 1. The largest absolute Gasteiger partial charge is 0.492 e. The van der Waals surface area contributed by atoms with E-state index in [1.807, 2.05) is 44.2 Å². The lowest BCUT2D eigenvalue weighted by Crippen LogP contribution is -2.48. The van der Waals surface area contributed by atoms with E-state index in [9.17, 15) is 13.2 Å². The number of aryl methyl sites for hydroxylation is 2. The van der Waals surface area contributed by atoms with Crippen molar-refractivity contribution in [2.24, 2.45) is 0 Å². The van der Waals surface area contributed by atoms with Gasteiger partial charge in [0.05, 0.1) is 18.5 Å². The van der Waals surface area contributed by atoms with Gasteiger partial charge < -0.3 is 10.1 Å². The molecule has 1 N–H and O–H groups in total. The van der Waals surface area contributed by atoms with Crippen LogP contribution in [0.5, 0.6) is 5.75 Å². The molecule has 2 aromatic rings. The van der Waals surface area contributed by atoms with Gasteiger partial charge in [-0.1, -0.05) is 39.0 Å². The van der Waals surface area contributed by atoms with Crippen LogP contribution in [-0.2, 0) is 20.2 Å². The molecule has 7 heteroatoms. The van der Waals surface area contributed by atoms with E-state index >= 15 is 0 Å². The Balaban J connectivity index is 1.98. The molecule has 0 saturated carbocycles. The van der Waals surface area contributed by atoms with E-state index in [0.29, 0.717) is 5.69 Å². The molecule has 170 valence electrons. The van der Waals surface area contributed by atoms with Gasteiger partial charge in [0.15, 0.2) is 0 Å². The molecule has 0 heterocycles. The number of hydrogen-bond acceptors (Lipinski definition) is 4. The Morgan fingerprint density at radius 1 is 1.06 bits per heavy atom. The molecule has 2 rings (SSSR count). The van der Waals surface area contributed by atoms with Crippen molar-refractivity contribution in [1.82, 2.24) is 5.32 Å². The number of carbonyl (C=O) groups is 1. The van der Waals surface area contributed by atoms with Gasteiger partial charge in [-0.15, -0.1) is 0 Å². The second kappa shape index (κ2) is 9.73. The summed E-state index contributed by atoms with van der Waals surface area (Å²) >= 11 is 0. The number of nitrogens with zero attached hydrogens (tertiary/aromatic N) is 1. The molecule has 0 aliphatic carbocycles. The van der Waals surface area contributed by atoms with Gasteiger partial charge in [0.1, 0.15) is 18.4 Å². The number of rotatable bonds is 8. The topological polar surface area (TPSA) is 75.7 Å². The smallest absolute Gasteiger partial charge is 0.243 e. The predicted molar refractivity (Wildman–Crippen MR) is 126 cm³/mol. The summed E-state index contributed by atoms with van der Waals surface area (Å²) in [7, 11) is -3.64. The van der Waals surface area contributed by atoms with E-state index in [1.54, 1.807) is 19.1 Å². The van der Waals surface area contributed by atoms with Crippen LogP contribution in [-0.4, -0.2) is 39.8 Å². The Bertz CT molecular complexity index is 989. The van der Waals surface area contributed by atoms with Crippen molar-refractivity contribution >= 4 is 21.6 Å². The fourth-order valence-corrected chi connectivity index (χ4v) is 4.59. The van der Waals surface area contributed by atoms with E-state index in [2.05, 4.69) is 26.1 Å². The highest BCUT2D eigenvalue weighted by Crippen LogP contribution is 2.25. The van der Waals surface area contributed by atoms with Gasteiger partial charge in [-0.05, 0) is 67.1 Å². The molecule has 0 radical (unpaired) electrons. The third-order valence-corrected chi connectivity index (χ3v) is 6.18. The number of benzene rings is 2. The first-order chi connectivity index (χ1) is 14.3. The molecule has 31 heavy (non-hydrogen) atoms. The van der Waals surface area contributed by atoms with Crippen LogP contribution in [0.3, 0.4) is 0 Å². The molecule has 1 amide bonds. The molecule has 0 fully saturated rings. The predicted octanol–water partition coefficient (Wildman–Crippen LogP) is 3.95. The van der Waals surface area contributed by atoms with E-state index in [1.165, 1.54) is 5.56 Å². The number of anilines is 1. The maximum Gasteiger partial charge on any atom is 0.243 e. The van der Waals surface area contributed by atoms with E-state index in [0.717, 1.165) is 27.4 Å². The number of ether oxygens (including phenoxy) is 1. The molecule has 0 aromatic heterocycles. The first kappa shape index (κ1) is 24.7. The zero-order chi connectivity index (χ0) is 23.4. The molecule has 0 unspecified atom stereocenters. The van der Waals surface area contributed by atoms with Gasteiger partial charge in [0.25, 0.3) is 0 Å². The van der Waals surface area contributed by atoms with Crippen molar-refractivity contribution in [2.75, 3.05) is 23.7 Å². The summed E-state index contributed by atoms with van der Waals surface area (Å²) in [5.74, 6) is 0.347. The van der Waals surface area contributed by atoms with Crippen molar-refractivity contribution < 1.29 is 17.9 Å². The van der Waals surface area contributed by atoms with Gasteiger partial charge in [0.2, 0.25) is 15.9 Å². The Kier molecular flexibility index (Phi) is 7.76. The van der Waals surface area contributed by atoms with E-state index < -0.39 is 16.1 Å². The normalized spacial score (nSPS) is 12.9. The minimum absolute atomic E-state index is 0.0734. The molecule has 0 saturated heterocycles.